The molecule has 1 aliphatic carbocycles. The van der Waals surface area contributed by atoms with Crippen molar-refractivity contribution in [3.63, 3.8) is 0 Å². The number of hydrogen-bond donors (Lipinski definition) is 1. The van der Waals surface area contributed by atoms with Crippen LogP contribution in [-0.2, 0) is 10.0 Å². The Morgan fingerprint density at radius 1 is 1.00 bits per heavy atom. The van der Waals surface area contributed by atoms with Gasteiger partial charge in [0.1, 0.15) is 10.0 Å². The number of benzene rings is 2. The summed E-state index contributed by atoms with van der Waals surface area (Å²) >= 11 is 0. The van der Waals surface area contributed by atoms with E-state index in [-0.39, 0.29) is 4.90 Å². The molecule has 0 bridgehead atoms. The summed E-state index contributed by atoms with van der Waals surface area (Å²) in [6.45, 7) is 0. The predicted octanol–water partition coefficient (Wildman–Crippen LogP) is 4.31. The predicted molar refractivity (Wildman–Crippen MR) is 102 cm³/mol. The molecule has 0 amide bonds. The van der Waals surface area contributed by atoms with Gasteiger partial charge in [0.25, 0.3) is 0 Å². The Morgan fingerprint density at radius 2 is 1.78 bits per heavy atom. The first-order valence-corrected chi connectivity index (χ1v) is 10.5. The maximum Gasteiger partial charge on any atom is 0.204 e. The zero-order valence-corrected chi connectivity index (χ0v) is 15.6. The molecule has 1 heterocycles. The molecular weight excluding hydrogens is 362 g/mol. The molecule has 1 fully saturated rings. The van der Waals surface area contributed by atoms with Crippen molar-refractivity contribution >= 4 is 15.7 Å². The Kier molecular flexibility index (Phi) is 4.89. The number of sulfonamides is 1. The largest absolute Gasteiger partial charge is 0.573 e. The summed E-state index contributed by atoms with van der Waals surface area (Å²) in [6, 6.07) is 13.9. The van der Waals surface area contributed by atoms with Gasteiger partial charge >= 0.3 is 0 Å². The highest BCUT2D eigenvalue weighted by atomic mass is 32.2. The minimum absolute atomic E-state index is 0.201. The van der Waals surface area contributed by atoms with Gasteiger partial charge in [-0.2, -0.15) is 5.21 Å². The fraction of sp³-hybridized carbons (Fsp3) is 0.316. The molecule has 1 saturated carbocycles. The number of hydrogen-bond acceptors (Lipinski definition) is 5. The topological polar surface area (TPSA) is 103 Å². The van der Waals surface area contributed by atoms with E-state index in [1.54, 1.807) is 36.4 Å². The molecule has 8 heteroatoms. The summed E-state index contributed by atoms with van der Waals surface area (Å²) < 4.78 is 29.3. The molecule has 1 N–H and O–H groups in total. The normalized spacial score (nSPS) is 15.6. The molecule has 3 aromatic rings. The zero-order chi connectivity index (χ0) is 18.7. The number of tetrazole rings is 1. The third-order valence-corrected chi connectivity index (χ3v) is 6.25. The second-order valence-corrected chi connectivity index (χ2v) is 8.36. The van der Waals surface area contributed by atoms with Crippen molar-refractivity contribution in [2.45, 2.75) is 42.9 Å². The van der Waals surface area contributed by atoms with Crippen LogP contribution in [0, 0.1) is 0 Å². The van der Waals surface area contributed by atoms with Crippen LogP contribution in [-0.4, -0.2) is 29.0 Å². The molecule has 1 aromatic heterocycles. The summed E-state index contributed by atoms with van der Waals surface area (Å²) in [5, 5.41) is 13.7. The molecule has 2 aromatic carbocycles. The molecule has 0 radical (unpaired) electrons. The SMILES string of the molecule is O=S(=O)([N-]c1cccc(-c2nn[nH]n2)c1)c1ccc(C2CCCCC2)cc1. The van der Waals surface area contributed by atoms with Crippen molar-refractivity contribution in [2.75, 3.05) is 0 Å². The van der Waals surface area contributed by atoms with E-state index in [2.05, 4.69) is 25.3 Å². The Bertz CT molecular complexity index is 995. The van der Waals surface area contributed by atoms with Gasteiger partial charge in [0.2, 0.25) is 5.82 Å². The van der Waals surface area contributed by atoms with Crippen molar-refractivity contribution in [3.05, 3.63) is 58.8 Å². The van der Waals surface area contributed by atoms with Crippen molar-refractivity contribution in [3.8, 4) is 11.4 Å². The molecule has 4 rings (SSSR count). The smallest absolute Gasteiger partial charge is 0.204 e. The third kappa shape index (κ3) is 4.00. The first-order valence-electron chi connectivity index (χ1n) is 9.04. The van der Waals surface area contributed by atoms with Crippen LogP contribution in [0.2, 0.25) is 0 Å². The van der Waals surface area contributed by atoms with Crippen LogP contribution < -0.4 is 0 Å². The lowest BCUT2D eigenvalue weighted by Gasteiger charge is -2.24. The summed E-state index contributed by atoms with van der Waals surface area (Å²) in [5.74, 6) is 0.931. The van der Waals surface area contributed by atoms with Gasteiger partial charge in [-0.1, -0.05) is 55.7 Å². The fourth-order valence-electron chi connectivity index (χ4n) is 3.53. The van der Waals surface area contributed by atoms with Crippen molar-refractivity contribution in [1.29, 1.82) is 0 Å². The molecule has 0 atom stereocenters. The lowest BCUT2D eigenvalue weighted by molar-refractivity contribution is 0.443. The number of H-pyrrole nitrogens is 1. The quantitative estimate of drug-likeness (QED) is 0.708. The van der Waals surface area contributed by atoms with Gasteiger partial charge in [-0.05, 0) is 41.7 Å². The second kappa shape index (κ2) is 7.48. The minimum Gasteiger partial charge on any atom is -0.573 e. The van der Waals surface area contributed by atoms with Gasteiger partial charge < -0.3 is 4.72 Å². The van der Waals surface area contributed by atoms with Crippen molar-refractivity contribution < 1.29 is 8.42 Å². The van der Waals surface area contributed by atoms with Gasteiger partial charge in [-0.3, -0.25) is 0 Å². The molecule has 0 unspecified atom stereocenters. The maximum atomic E-state index is 12.7. The lowest BCUT2D eigenvalue weighted by Crippen LogP contribution is -2.05. The highest BCUT2D eigenvalue weighted by Crippen LogP contribution is 2.34. The number of rotatable bonds is 5. The summed E-state index contributed by atoms with van der Waals surface area (Å²) in [4.78, 5) is 0.201. The number of nitrogens with zero attached hydrogens (tertiary/aromatic N) is 4. The molecule has 27 heavy (non-hydrogen) atoms. The van der Waals surface area contributed by atoms with E-state index in [9.17, 15) is 8.42 Å². The Balaban J connectivity index is 1.52. The highest BCUT2D eigenvalue weighted by molar-refractivity contribution is 7.94. The summed E-state index contributed by atoms with van der Waals surface area (Å²) in [6.07, 6.45) is 6.15. The standard InChI is InChI=1S/C19H20N5O2S/c25-27(26,18-11-9-15(10-12-18)14-5-2-1-3-6-14)22-17-8-4-7-16(13-17)19-20-23-24-21-19/h4,7-14H,1-3,5-6H2,(H,20,21,23,24)/q-1. The summed E-state index contributed by atoms with van der Waals surface area (Å²) in [7, 11) is -3.79. The highest BCUT2D eigenvalue weighted by Gasteiger charge is 2.16. The number of nitrogens with one attached hydrogen (secondary N) is 1. The van der Waals surface area contributed by atoms with Crippen LogP contribution in [0.15, 0.2) is 53.4 Å². The minimum atomic E-state index is -3.79. The van der Waals surface area contributed by atoms with E-state index in [1.165, 1.54) is 37.7 Å². The third-order valence-electron chi connectivity index (χ3n) is 4.93. The van der Waals surface area contributed by atoms with Crippen LogP contribution in [0.1, 0.15) is 43.6 Å². The number of aromatic amines is 1. The molecule has 7 nitrogen and oxygen atoms in total. The number of aromatic nitrogens is 4. The van der Waals surface area contributed by atoms with Gasteiger partial charge in [0, 0.05) is 5.56 Å². The van der Waals surface area contributed by atoms with E-state index in [1.807, 2.05) is 12.1 Å². The van der Waals surface area contributed by atoms with Crippen LogP contribution in [0.25, 0.3) is 16.1 Å². The average molecular weight is 382 g/mol. The Morgan fingerprint density at radius 3 is 2.48 bits per heavy atom. The van der Waals surface area contributed by atoms with Gasteiger partial charge in [0.05, 0.1) is 4.90 Å². The van der Waals surface area contributed by atoms with Crippen LogP contribution in [0.5, 0.6) is 0 Å². The first kappa shape index (κ1) is 17.7. The fourth-order valence-corrected chi connectivity index (χ4v) is 4.50. The molecular formula is C19H20N5O2S-. The van der Waals surface area contributed by atoms with Crippen LogP contribution in [0.3, 0.4) is 0 Å². The molecule has 140 valence electrons. The summed E-state index contributed by atoms with van der Waals surface area (Å²) in [5.41, 5.74) is 2.19. The molecule has 1 aliphatic rings. The van der Waals surface area contributed by atoms with Crippen molar-refractivity contribution in [2.24, 2.45) is 0 Å². The van der Waals surface area contributed by atoms with Crippen LogP contribution in [0.4, 0.5) is 5.69 Å². The van der Waals surface area contributed by atoms with Gasteiger partial charge in [0.15, 0.2) is 0 Å². The van der Waals surface area contributed by atoms with Gasteiger partial charge in [-0.25, -0.2) is 8.42 Å². The Hall–Kier alpha value is -2.74. The van der Waals surface area contributed by atoms with E-state index in [4.69, 9.17) is 0 Å². The van der Waals surface area contributed by atoms with E-state index >= 15 is 0 Å². The lowest BCUT2D eigenvalue weighted by atomic mass is 9.84. The monoisotopic (exact) mass is 382 g/mol. The molecule has 0 spiro atoms. The maximum absolute atomic E-state index is 12.7. The van der Waals surface area contributed by atoms with E-state index < -0.39 is 10.0 Å². The average Bonchev–Trinajstić information content (AvgIpc) is 3.24. The Labute approximate surface area is 158 Å². The molecule has 0 aliphatic heterocycles. The van der Waals surface area contributed by atoms with E-state index in [0.29, 0.717) is 23.0 Å². The first-order chi connectivity index (χ1) is 13.1. The molecule has 0 saturated heterocycles. The van der Waals surface area contributed by atoms with E-state index in [0.717, 1.165) is 0 Å². The zero-order valence-electron chi connectivity index (χ0n) is 14.7. The van der Waals surface area contributed by atoms with Gasteiger partial charge in [-0.15, -0.1) is 15.9 Å². The second-order valence-electron chi connectivity index (χ2n) is 6.76. The van der Waals surface area contributed by atoms with Crippen LogP contribution >= 0.6 is 0 Å². The van der Waals surface area contributed by atoms with Crippen molar-refractivity contribution in [1.82, 2.24) is 20.6 Å².